The van der Waals surface area contributed by atoms with Crippen molar-refractivity contribution in [1.29, 1.82) is 0 Å². The van der Waals surface area contributed by atoms with Crippen LogP contribution in [-0.4, -0.2) is 175 Å². The highest BCUT2D eigenvalue weighted by Crippen LogP contribution is 2.17. The average Bonchev–Trinajstić information content (AvgIpc) is 2.95. The summed E-state index contributed by atoms with van der Waals surface area (Å²) in [6.07, 6.45) is 1.95. The molecule has 1 atom stereocenters. The fourth-order valence-corrected chi connectivity index (χ4v) is 5.18. The highest BCUT2D eigenvalue weighted by Gasteiger charge is 2.24. The quantitative estimate of drug-likeness (QED) is 0.0345. The lowest BCUT2D eigenvalue weighted by atomic mass is 9.98. The Morgan fingerprint density at radius 3 is 1.48 bits per heavy atom. The first-order chi connectivity index (χ1) is 20.3. The van der Waals surface area contributed by atoms with Gasteiger partial charge in [0.1, 0.15) is 0 Å². The fourth-order valence-electron chi connectivity index (χ4n) is 5.18. The van der Waals surface area contributed by atoms with Crippen LogP contribution >= 0.6 is 0 Å². The van der Waals surface area contributed by atoms with E-state index in [-0.39, 0.29) is 5.54 Å². The van der Waals surface area contributed by atoms with Crippen LogP contribution in [0.4, 0.5) is 0 Å². The van der Waals surface area contributed by atoms with Crippen molar-refractivity contribution >= 4 is 0 Å². The SMILES string of the molecule is CC(CCN)NCCN(CCN(CCN)CCN)CCN(CCNCCN)CCNCCN(CCN)C(C)(C)CCN. The average molecular weight is 604 g/mol. The fraction of sp³-hybridized carbons (Fsp3) is 1.00. The van der Waals surface area contributed by atoms with Crippen molar-refractivity contribution < 1.29 is 0 Å². The molecule has 0 radical (unpaired) electrons. The Hall–Kier alpha value is -0.520. The first-order valence-electron chi connectivity index (χ1n) is 16.5. The molecule has 0 aliphatic carbocycles. The van der Waals surface area contributed by atoms with Crippen molar-refractivity contribution in [3.63, 3.8) is 0 Å². The van der Waals surface area contributed by atoms with E-state index in [0.717, 1.165) is 118 Å². The number of hydrogen-bond donors (Lipinski definition) is 9. The zero-order valence-corrected chi connectivity index (χ0v) is 27.8. The minimum atomic E-state index is 0.0564. The summed E-state index contributed by atoms with van der Waals surface area (Å²) in [5.41, 5.74) is 35.0. The summed E-state index contributed by atoms with van der Waals surface area (Å²) in [6.45, 7) is 26.0. The molecule has 0 bridgehead atoms. The first-order valence-corrected chi connectivity index (χ1v) is 16.5. The van der Waals surface area contributed by atoms with Gasteiger partial charge in [-0.05, 0) is 46.7 Å². The Labute approximate surface area is 259 Å². The maximum absolute atomic E-state index is 5.90. The van der Waals surface area contributed by atoms with Crippen LogP contribution in [0.25, 0.3) is 0 Å². The third kappa shape index (κ3) is 22.1. The van der Waals surface area contributed by atoms with Crippen LogP contribution in [0.5, 0.6) is 0 Å². The van der Waals surface area contributed by atoms with Crippen molar-refractivity contribution in [3.8, 4) is 0 Å². The van der Waals surface area contributed by atoms with Gasteiger partial charge in [-0.2, -0.15) is 0 Å². The number of hydrogen-bond acceptors (Lipinski definition) is 13. The van der Waals surface area contributed by atoms with Gasteiger partial charge in [0.25, 0.3) is 0 Å². The second kappa shape index (κ2) is 28.0. The Kier molecular flexibility index (Phi) is 27.6. The molecule has 254 valence electrons. The van der Waals surface area contributed by atoms with E-state index in [0.29, 0.717) is 45.3 Å². The summed E-state index contributed by atoms with van der Waals surface area (Å²) in [5, 5.41) is 10.8. The van der Waals surface area contributed by atoms with Gasteiger partial charge in [-0.25, -0.2) is 0 Å². The minimum absolute atomic E-state index is 0.0564. The summed E-state index contributed by atoms with van der Waals surface area (Å²) in [7, 11) is 0. The molecule has 13 heteroatoms. The van der Waals surface area contributed by atoms with Gasteiger partial charge in [0, 0.05) is 142 Å². The van der Waals surface area contributed by atoms with Crippen LogP contribution in [0.2, 0.25) is 0 Å². The van der Waals surface area contributed by atoms with Crippen LogP contribution in [0, 0.1) is 0 Å². The van der Waals surface area contributed by atoms with Gasteiger partial charge in [-0.3, -0.25) is 19.6 Å². The van der Waals surface area contributed by atoms with E-state index in [9.17, 15) is 0 Å². The molecule has 0 aromatic rings. The van der Waals surface area contributed by atoms with Crippen molar-refractivity contribution in [1.82, 2.24) is 35.6 Å². The molecule has 0 saturated heterocycles. The van der Waals surface area contributed by atoms with Crippen molar-refractivity contribution in [3.05, 3.63) is 0 Å². The maximum Gasteiger partial charge on any atom is 0.0166 e. The normalized spacial score (nSPS) is 13.4. The molecule has 0 rings (SSSR count). The largest absolute Gasteiger partial charge is 0.330 e. The van der Waals surface area contributed by atoms with Crippen LogP contribution in [0.1, 0.15) is 33.6 Å². The Balaban J connectivity index is 5.03. The van der Waals surface area contributed by atoms with Gasteiger partial charge in [0.05, 0.1) is 0 Å². The van der Waals surface area contributed by atoms with Crippen LogP contribution < -0.4 is 50.4 Å². The van der Waals surface area contributed by atoms with E-state index >= 15 is 0 Å². The van der Waals surface area contributed by atoms with Crippen LogP contribution in [0.15, 0.2) is 0 Å². The maximum atomic E-state index is 5.90. The highest BCUT2D eigenvalue weighted by molar-refractivity contribution is 4.82. The molecule has 13 nitrogen and oxygen atoms in total. The molecule has 0 heterocycles. The van der Waals surface area contributed by atoms with E-state index in [1.165, 1.54) is 0 Å². The van der Waals surface area contributed by atoms with Gasteiger partial charge in [-0.15, -0.1) is 0 Å². The van der Waals surface area contributed by atoms with E-state index < -0.39 is 0 Å². The molecule has 0 spiro atoms. The molecule has 0 aliphatic heterocycles. The Morgan fingerprint density at radius 1 is 0.500 bits per heavy atom. The molecule has 0 aromatic carbocycles. The number of nitrogens with two attached hydrogens (primary N) is 6. The zero-order valence-electron chi connectivity index (χ0n) is 27.8. The third-order valence-corrected chi connectivity index (χ3v) is 7.98. The lowest BCUT2D eigenvalue weighted by molar-refractivity contribution is 0.117. The molecule has 0 aromatic heterocycles. The first kappa shape index (κ1) is 41.5. The summed E-state index contributed by atoms with van der Waals surface area (Å²) in [4.78, 5) is 9.96. The van der Waals surface area contributed by atoms with Gasteiger partial charge in [0.15, 0.2) is 0 Å². The van der Waals surface area contributed by atoms with E-state index in [2.05, 4.69) is 56.3 Å². The van der Waals surface area contributed by atoms with Crippen LogP contribution in [-0.2, 0) is 0 Å². The Morgan fingerprint density at radius 2 is 0.976 bits per heavy atom. The number of rotatable bonds is 32. The van der Waals surface area contributed by atoms with Crippen molar-refractivity contribution in [2.24, 2.45) is 34.4 Å². The minimum Gasteiger partial charge on any atom is -0.330 e. The monoisotopic (exact) mass is 604 g/mol. The summed E-state index contributed by atoms with van der Waals surface area (Å²) >= 11 is 0. The highest BCUT2D eigenvalue weighted by atomic mass is 15.2. The predicted molar refractivity (Wildman–Crippen MR) is 182 cm³/mol. The van der Waals surface area contributed by atoms with Gasteiger partial charge >= 0.3 is 0 Å². The van der Waals surface area contributed by atoms with Crippen molar-refractivity contribution in [2.75, 3.05) is 144 Å². The van der Waals surface area contributed by atoms with Crippen LogP contribution in [0.3, 0.4) is 0 Å². The second-order valence-electron chi connectivity index (χ2n) is 12.0. The summed E-state index contributed by atoms with van der Waals surface area (Å²) in [5.74, 6) is 0. The van der Waals surface area contributed by atoms with Gasteiger partial charge < -0.3 is 50.4 Å². The molecule has 42 heavy (non-hydrogen) atoms. The second-order valence-corrected chi connectivity index (χ2v) is 12.0. The number of nitrogens with one attached hydrogen (secondary N) is 3. The summed E-state index contributed by atoms with van der Waals surface area (Å²) in [6, 6.07) is 0.431. The topological polar surface area (TPSA) is 205 Å². The van der Waals surface area contributed by atoms with E-state index in [1.54, 1.807) is 0 Å². The standard InChI is InChI=1S/C29H73N13/c1-28(4-6-30)38-16-22-41(26-24-39(17-9-33)18-10-34)27-25-40(20-13-36-12-8-32)21-14-37-15-23-42(19-11-35)29(2,3)5-7-31/h28,36-38H,4-27,30-35H2,1-3H3. The Bertz CT molecular complexity index is 564. The predicted octanol–water partition coefficient (Wildman–Crippen LogP) is -3.34. The van der Waals surface area contributed by atoms with Crippen molar-refractivity contribution in [2.45, 2.75) is 45.2 Å². The molecule has 1 unspecified atom stereocenters. The van der Waals surface area contributed by atoms with E-state index in [4.69, 9.17) is 34.4 Å². The molecule has 0 amide bonds. The van der Waals surface area contributed by atoms with Gasteiger partial charge in [-0.1, -0.05) is 0 Å². The number of nitrogens with zero attached hydrogens (tertiary/aromatic N) is 4. The lowest BCUT2D eigenvalue weighted by Gasteiger charge is -2.38. The molecular formula is C29H73N13. The lowest BCUT2D eigenvalue weighted by Crippen LogP contribution is -2.50. The van der Waals surface area contributed by atoms with Gasteiger partial charge in [0.2, 0.25) is 0 Å². The van der Waals surface area contributed by atoms with E-state index in [1.807, 2.05) is 0 Å². The molecule has 0 fully saturated rings. The summed E-state index contributed by atoms with van der Waals surface area (Å²) < 4.78 is 0. The third-order valence-electron chi connectivity index (χ3n) is 7.98. The molecular weight excluding hydrogens is 530 g/mol. The molecule has 15 N–H and O–H groups in total. The molecule has 0 saturated carbocycles. The molecule has 0 aliphatic rings. The smallest absolute Gasteiger partial charge is 0.0166 e. The zero-order chi connectivity index (χ0) is 31.5.